The Bertz CT molecular complexity index is 516. The summed E-state index contributed by atoms with van der Waals surface area (Å²) in [6, 6.07) is 4.31. The highest BCUT2D eigenvalue weighted by Crippen LogP contribution is 2.26. The number of methoxy groups -OCH3 is 1. The summed E-state index contributed by atoms with van der Waals surface area (Å²) in [5.41, 5.74) is 0. The maximum Gasteiger partial charge on any atom is 0.240 e. The SMILES string of the molecule is COc1ccc(S(=O)(=O)NCCOC(C)C)cc1Cl. The van der Waals surface area contributed by atoms with E-state index in [2.05, 4.69) is 4.72 Å². The van der Waals surface area contributed by atoms with Gasteiger partial charge in [0, 0.05) is 6.54 Å². The number of hydrogen-bond acceptors (Lipinski definition) is 4. The van der Waals surface area contributed by atoms with Crippen LogP contribution in [-0.4, -0.2) is 34.8 Å². The Labute approximate surface area is 118 Å². The van der Waals surface area contributed by atoms with Crippen molar-refractivity contribution in [2.75, 3.05) is 20.3 Å². The third-order valence-electron chi connectivity index (χ3n) is 2.28. The maximum absolute atomic E-state index is 12.0. The van der Waals surface area contributed by atoms with Gasteiger partial charge in [0.15, 0.2) is 0 Å². The van der Waals surface area contributed by atoms with Gasteiger partial charge in [0.2, 0.25) is 10.0 Å². The van der Waals surface area contributed by atoms with Gasteiger partial charge in [-0.15, -0.1) is 0 Å². The van der Waals surface area contributed by atoms with E-state index in [4.69, 9.17) is 21.1 Å². The summed E-state index contributed by atoms with van der Waals surface area (Å²) in [6.45, 7) is 4.31. The molecule has 0 bridgehead atoms. The molecule has 1 aromatic carbocycles. The van der Waals surface area contributed by atoms with Gasteiger partial charge < -0.3 is 9.47 Å². The predicted octanol–water partition coefficient (Wildman–Crippen LogP) is 2.05. The molecule has 108 valence electrons. The zero-order chi connectivity index (χ0) is 14.5. The van der Waals surface area contributed by atoms with Crippen LogP contribution in [0.25, 0.3) is 0 Å². The molecule has 0 amide bonds. The minimum Gasteiger partial charge on any atom is -0.495 e. The summed E-state index contributed by atoms with van der Waals surface area (Å²) in [4.78, 5) is 0.0999. The van der Waals surface area contributed by atoms with Gasteiger partial charge in [0.1, 0.15) is 5.75 Å². The van der Waals surface area contributed by atoms with Crippen LogP contribution >= 0.6 is 11.6 Å². The van der Waals surface area contributed by atoms with Gasteiger partial charge >= 0.3 is 0 Å². The van der Waals surface area contributed by atoms with E-state index in [0.717, 1.165) is 0 Å². The summed E-state index contributed by atoms with van der Waals surface area (Å²) in [5, 5.41) is 0.254. The highest BCUT2D eigenvalue weighted by atomic mass is 35.5. The minimum atomic E-state index is -3.58. The normalized spacial score (nSPS) is 11.8. The highest BCUT2D eigenvalue weighted by molar-refractivity contribution is 7.89. The number of sulfonamides is 1. The number of benzene rings is 1. The van der Waals surface area contributed by atoms with Crippen LogP contribution in [0, 0.1) is 0 Å². The third-order valence-corrected chi connectivity index (χ3v) is 4.03. The molecule has 1 aromatic rings. The molecule has 0 atom stereocenters. The van der Waals surface area contributed by atoms with Crippen LogP contribution in [0.15, 0.2) is 23.1 Å². The van der Waals surface area contributed by atoms with Gasteiger partial charge in [-0.2, -0.15) is 0 Å². The minimum absolute atomic E-state index is 0.0694. The van der Waals surface area contributed by atoms with Gasteiger partial charge in [0.25, 0.3) is 0 Å². The van der Waals surface area contributed by atoms with Crippen molar-refractivity contribution in [1.82, 2.24) is 4.72 Å². The average Bonchev–Trinajstić information content (AvgIpc) is 2.34. The molecule has 0 heterocycles. The van der Waals surface area contributed by atoms with Gasteiger partial charge in [-0.25, -0.2) is 13.1 Å². The zero-order valence-corrected chi connectivity index (χ0v) is 12.7. The second kappa shape index (κ2) is 7.09. The monoisotopic (exact) mass is 307 g/mol. The first-order valence-corrected chi connectivity index (χ1v) is 7.67. The lowest BCUT2D eigenvalue weighted by Gasteiger charge is -2.10. The van der Waals surface area contributed by atoms with Crippen molar-refractivity contribution < 1.29 is 17.9 Å². The van der Waals surface area contributed by atoms with E-state index >= 15 is 0 Å². The number of ether oxygens (including phenoxy) is 2. The molecule has 0 radical (unpaired) electrons. The summed E-state index contributed by atoms with van der Waals surface area (Å²) >= 11 is 5.90. The fourth-order valence-corrected chi connectivity index (χ4v) is 2.73. The van der Waals surface area contributed by atoms with E-state index < -0.39 is 10.0 Å². The molecule has 19 heavy (non-hydrogen) atoms. The van der Waals surface area contributed by atoms with E-state index in [1.165, 1.54) is 25.3 Å². The second-order valence-corrected chi connectivity index (χ2v) is 6.29. The van der Waals surface area contributed by atoms with Crippen LogP contribution in [0.5, 0.6) is 5.75 Å². The first kappa shape index (κ1) is 16.2. The number of nitrogens with one attached hydrogen (secondary N) is 1. The van der Waals surface area contributed by atoms with Gasteiger partial charge in [-0.3, -0.25) is 0 Å². The molecule has 1 N–H and O–H groups in total. The second-order valence-electron chi connectivity index (χ2n) is 4.11. The van der Waals surface area contributed by atoms with Crippen molar-refractivity contribution in [3.8, 4) is 5.75 Å². The summed E-state index contributed by atoms with van der Waals surface area (Å²) in [7, 11) is -2.11. The molecule has 0 spiro atoms. The lowest BCUT2D eigenvalue weighted by molar-refractivity contribution is 0.0834. The van der Waals surface area contributed by atoms with Crippen molar-refractivity contribution >= 4 is 21.6 Å². The topological polar surface area (TPSA) is 64.6 Å². The number of halogens is 1. The van der Waals surface area contributed by atoms with E-state index in [1.54, 1.807) is 0 Å². The zero-order valence-electron chi connectivity index (χ0n) is 11.1. The molecule has 0 unspecified atom stereocenters. The average molecular weight is 308 g/mol. The molecular weight excluding hydrogens is 290 g/mol. The van der Waals surface area contributed by atoms with Crippen LogP contribution in [-0.2, 0) is 14.8 Å². The van der Waals surface area contributed by atoms with Crippen LogP contribution in [0.3, 0.4) is 0 Å². The molecule has 0 saturated carbocycles. The summed E-state index contributed by atoms with van der Waals surface area (Å²) < 4.78 is 36.6. The van der Waals surface area contributed by atoms with Crippen molar-refractivity contribution in [2.24, 2.45) is 0 Å². The van der Waals surface area contributed by atoms with E-state index in [1.807, 2.05) is 13.8 Å². The Kier molecular flexibility index (Phi) is 6.06. The van der Waals surface area contributed by atoms with Gasteiger partial charge in [-0.1, -0.05) is 11.6 Å². The Morgan fingerprint density at radius 1 is 1.37 bits per heavy atom. The Morgan fingerprint density at radius 2 is 2.05 bits per heavy atom. The maximum atomic E-state index is 12.0. The van der Waals surface area contributed by atoms with Crippen molar-refractivity contribution in [3.05, 3.63) is 23.2 Å². The molecule has 0 aliphatic heterocycles. The van der Waals surface area contributed by atoms with Crippen LogP contribution in [0.2, 0.25) is 5.02 Å². The first-order valence-electron chi connectivity index (χ1n) is 5.81. The van der Waals surface area contributed by atoms with Crippen molar-refractivity contribution in [3.63, 3.8) is 0 Å². The Morgan fingerprint density at radius 3 is 2.58 bits per heavy atom. The molecule has 0 aliphatic carbocycles. The van der Waals surface area contributed by atoms with Gasteiger partial charge in [0.05, 0.1) is 29.7 Å². The molecule has 5 nitrogen and oxygen atoms in total. The third kappa shape index (κ3) is 4.99. The largest absolute Gasteiger partial charge is 0.495 e. The van der Waals surface area contributed by atoms with Crippen molar-refractivity contribution in [1.29, 1.82) is 0 Å². The van der Waals surface area contributed by atoms with Gasteiger partial charge in [-0.05, 0) is 32.0 Å². The molecule has 0 saturated heterocycles. The van der Waals surface area contributed by atoms with Crippen molar-refractivity contribution in [2.45, 2.75) is 24.8 Å². The smallest absolute Gasteiger partial charge is 0.240 e. The van der Waals surface area contributed by atoms with E-state index in [9.17, 15) is 8.42 Å². The van der Waals surface area contributed by atoms with Crippen LogP contribution in [0.4, 0.5) is 0 Å². The molecule has 7 heteroatoms. The predicted molar refractivity (Wildman–Crippen MR) is 74.3 cm³/mol. The standard InChI is InChI=1S/C12H18ClNO4S/c1-9(2)18-7-6-14-19(15,16)10-4-5-12(17-3)11(13)8-10/h4-5,8-9,14H,6-7H2,1-3H3. The Balaban J connectivity index is 2.69. The molecule has 0 aromatic heterocycles. The highest BCUT2D eigenvalue weighted by Gasteiger charge is 2.15. The summed E-state index contributed by atoms with van der Waals surface area (Å²) in [5.74, 6) is 0.434. The lowest BCUT2D eigenvalue weighted by Crippen LogP contribution is -2.28. The molecular formula is C12H18ClNO4S. The quantitative estimate of drug-likeness (QED) is 0.783. The summed E-state index contributed by atoms with van der Waals surface area (Å²) in [6.07, 6.45) is 0.0694. The fourth-order valence-electron chi connectivity index (χ4n) is 1.37. The first-order chi connectivity index (χ1) is 8.86. The van der Waals surface area contributed by atoms with E-state index in [-0.39, 0.29) is 22.6 Å². The van der Waals surface area contributed by atoms with E-state index in [0.29, 0.717) is 12.4 Å². The fraction of sp³-hybridized carbons (Fsp3) is 0.500. The van der Waals surface area contributed by atoms with Crippen LogP contribution in [0.1, 0.15) is 13.8 Å². The number of hydrogen-bond donors (Lipinski definition) is 1. The number of rotatable bonds is 7. The lowest BCUT2D eigenvalue weighted by atomic mass is 10.3. The Hall–Kier alpha value is -0.820. The molecule has 1 rings (SSSR count). The molecule has 0 aliphatic rings. The molecule has 0 fully saturated rings. The van der Waals surface area contributed by atoms with Crippen LogP contribution < -0.4 is 9.46 Å².